The number of aliphatic hydroxyl groups excluding tert-OH is 1. The van der Waals surface area contributed by atoms with Crippen molar-refractivity contribution in [3.63, 3.8) is 0 Å². The zero-order valence-corrected chi connectivity index (χ0v) is 13.3. The summed E-state index contributed by atoms with van der Waals surface area (Å²) in [6.45, 7) is 4.26. The first-order chi connectivity index (χ1) is 9.22. The fraction of sp³-hybridized carbons (Fsp3) is 0.812. The van der Waals surface area contributed by atoms with Crippen LogP contribution in [0.3, 0.4) is 0 Å². The highest BCUT2D eigenvalue weighted by Gasteiger charge is 2.08. The number of hydrogen-bond acceptors (Lipinski definition) is 3. The van der Waals surface area contributed by atoms with Gasteiger partial charge in [0.05, 0.1) is 11.1 Å². The van der Waals surface area contributed by atoms with Crippen molar-refractivity contribution in [3.05, 3.63) is 16.1 Å². The Kier molecular flexibility index (Phi) is 9.10. The van der Waals surface area contributed by atoms with Crippen LogP contribution in [-0.4, -0.2) is 16.2 Å². The molecule has 0 aromatic carbocycles. The Hall–Kier alpha value is -0.410. The summed E-state index contributed by atoms with van der Waals surface area (Å²) in [5.74, 6) is 0. The quantitative estimate of drug-likeness (QED) is 0.587. The molecular weight excluding hydrogens is 254 g/mol. The molecule has 110 valence electrons. The van der Waals surface area contributed by atoms with E-state index in [1.165, 1.54) is 44.9 Å². The Labute approximate surface area is 122 Å². The van der Waals surface area contributed by atoms with Crippen LogP contribution >= 0.6 is 11.3 Å². The van der Waals surface area contributed by atoms with E-state index in [1.54, 1.807) is 11.3 Å². The third kappa shape index (κ3) is 8.38. The average Bonchev–Trinajstić information content (AvgIpc) is 2.78. The first-order valence-electron chi connectivity index (χ1n) is 7.81. The van der Waals surface area contributed by atoms with E-state index in [0.29, 0.717) is 0 Å². The smallest absolute Gasteiger partial charge is 0.0953 e. The van der Waals surface area contributed by atoms with Gasteiger partial charge in [-0.25, -0.2) is 4.98 Å². The molecule has 1 unspecified atom stereocenters. The molecule has 0 saturated carbocycles. The second kappa shape index (κ2) is 10.4. The molecule has 3 heteroatoms. The SMILES string of the molecule is CCCCCCCCCCC(O)Cc1nc(C)cs1. The lowest BCUT2D eigenvalue weighted by molar-refractivity contribution is 0.160. The van der Waals surface area contributed by atoms with Crippen molar-refractivity contribution in [2.45, 2.75) is 84.2 Å². The van der Waals surface area contributed by atoms with Crippen LogP contribution < -0.4 is 0 Å². The Bertz CT molecular complexity index is 324. The molecule has 1 N–H and O–H groups in total. The Morgan fingerprint density at radius 3 is 2.32 bits per heavy atom. The molecule has 1 rings (SSSR count). The van der Waals surface area contributed by atoms with Gasteiger partial charge in [0.25, 0.3) is 0 Å². The molecule has 2 nitrogen and oxygen atoms in total. The number of rotatable bonds is 11. The number of hydrogen-bond donors (Lipinski definition) is 1. The number of aliphatic hydroxyl groups is 1. The van der Waals surface area contributed by atoms with E-state index in [4.69, 9.17) is 0 Å². The maximum absolute atomic E-state index is 9.95. The van der Waals surface area contributed by atoms with Crippen LogP contribution in [-0.2, 0) is 6.42 Å². The van der Waals surface area contributed by atoms with Crippen LogP contribution in [0.25, 0.3) is 0 Å². The van der Waals surface area contributed by atoms with E-state index in [0.717, 1.165) is 30.0 Å². The van der Waals surface area contributed by atoms with Gasteiger partial charge in [0.1, 0.15) is 0 Å². The molecule has 0 spiro atoms. The van der Waals surface area contributed by atoms with Gasteiger partial charge in [-0.3, -0.25) is 0 Å². The monoisotopic (exact) mass is 283 g/mol. The van der Waals surface area contributed by atoms with E-state index in [1.807, 2.05) is 6.92 Å². The second-order valence-electron chi connectivity index (χ2n) is 5.50. The molecular formula is C16H29NOS. The third-order valence-electron chi connectivity index (χ3n) is 3.47. The van der Waals surface area contributed by atoms with Gasteiger partial charge >= 0.3 is 0 Å². The van der Waals surface area contributed by atoms with Gasteiger partial charge in [-0.1, -0.05) is 58.3 Å². The number of aromatic nitrogens is 1. The number of unbranched alkanes of at least 4 members (excludes halogenated alkanes) is 7. The van der Waals surface area contributed by atoms with Crippen molar-refractivity contribution in [1.29, 1.82) is 0 Å². The molecule has 19 heavy (non-hydrogen) atoms. The zero-order chi connectivity index (χ0) is 13.9. The van der Waals surface area contributed by atoms with E-state index < -0.39 is 0 Å². The van der Waals surface area contributed by atoms with Crippen molar-refractivity contribution in [3.8, 4) is 0 Å². The topological polar surface area (TPSA) is 33.1 Å². The van der Waals surface area contributed by atoms with E-state index in [9.17, 15) is 5.11 Å². The summed E-state index contributed by atoms with van der Waals surface area (Å²) < 4.78 is 0. The van der Waals surface area contributed by atoms with E-state index in [-0.39, 0.29) is 6.10 Å². The summed E-state index contributed by atoms with van der Waals surface area (Å²) in [6, 6.07) is 0. The molecule has 0 aliphatic heterocycles. The van der Waals surface area contributed by atoms with Crippen molar-refractivity contribution in [2.24, 2.45) is 0 Å². The lowest BCUT2D eigenvalue weighted by atomic mass is 10.0. The zero-order valence-electron chi connectivity index (χ0n) is 12.5. The molecule has 0 saturated heterocycles. The molecule has 1 heterocycles. The molecule has 0 aliphatic carbocycles. The minimum atomic E-state index is -0.203. The van der Waals surface area contributed by atoms with Gasteiger partial charge in [-0.2, -0.15) is 0 Å². The van der Waals surface area contributed by atoms with Crippen molar-refractivity contribution in [1.82, 2.24) is 4.98 Å². The van der Waals surface area contributed by atoms with Gasteiger partial charge in [0.15, 0.2) is 0 Å². The Morgan fingerprint density at radius 2 is 1.74 bits per heavy atom. The summed E-state index contributed by atoms with van der Waals surface area (Å²) in [4.78, 5) is 4.40. The largest absolute Gasteiger partial charge is 0.393 e. The lowest BCUT2D eigenvalue weighted by Crippen LogP contribution is -2.10. The summed E-state index contributed by atoms with van der Waals surface area (Å²) in [6.07, 6.45) is 12.0. The maximum atomic E-state index is 9.95. The van der Waals surface area contributed by atoms with Gasteiger partial charge in [0, 0.05) is 17.5 Å². The third-order valence-corrected chi connectivity index (χ3v) is 4.46. The standard InChI is InChI=1S/C16H29NOS/c1-3-4-5-6-7-8-9-10-11-15(18)12-16-17-14(2)13-19-16/h13,15,18H,3-12H2,1-2H3. The van der Waals surface area contributed by atoms with Gasteiger partial charge in [-0.15, -0.1) is 11.3 Å². The molecule has 0 fully saturated rings. The van der Waals surface area contributed by atoms with Gasteiger partial charge in [0.2, 0.25) is 0 Å². The minimum absolute atomic E-state index is 0.203. The summed E-state index contributed by atoms with van der Waals surface area (Å²) >= 11 is 1.66. The summed E-state index contributed by atoms with van der Waals surface area (Å²) in [5, 5.41) is 13.1. The Balaban J connectivity index is 1.94. The Morgan fingerprint density at radius 1 is 1.11 bits per heavy atom. The molecule has 0 amide bonds. The molecule has 1 aromatic rings. The van der Waals surface area contributed by atoms with Crippen molar-refractivity contribution in [2.75, 3.05) is 0 Å². The van der Waals surface area contributed by atoms with Crippen LogP contribution in [0, 0.1) is 6.92 Å². The van der Waals surface area contributed by atoms with Crippen LogP contribution in [0.4, 0.5) is 0 Å². The number of nitrogens with zero attached hydrogens (tertiary/aromatic N) is 1. The van der Waals surface area contributed by atoms with E-state index in [2.05, 4.69) is 17.3 Å². The van der Waals surface area contributed by atoms with Crippen LogP contribution in [0.1, 0.15) is 75.4 Å². The summed E-state index contributed by atoms with van der Waals surface area (Å²) in [5.41, 5.74) is 1.07. The molecule has 0 radical (unpaired) electrons. The molecule has 1 atom stereocenters. The minimum Gasteiger partial charge on any atom is -0.393 e. The normalized spacial score (nSPS) is 12.8. The molecule has 0 bridgehead atoms. The van der Waals surface area contributed by atoms with Crippen LogP contribution in [0.5, 0.6) is 0 Å². The highest BCUT2D eigenvalue weighted by atomic mass is 32.1. The number of aryl methyl sites for hydroxylation is 1. The van der Waals surface area contributed by atoms with Crippen LogP contribution in [0.15, 0.2) is 5.38 Å². The average molecular weight is 283 g/mol. The molecule has 1 aromatic heterocycles. The fourth-order valence-electron chi connectivity index (χ4n) is 2.31. The van der Waals surface area contributed by atoms with E-state index >= 15 is 0 Å². The highest BCUT2D eigenvalue weighted by Crippen LogP contribution is 2.15. The van der Waals surface area contributed by atoms with Crippen molar-refractivity contribution >= 4 is 11.3 Å². The predicted molar refractivity (Wildman–Crippen MR) is 83.8 cm³/mol. The highest BCUT2D eigenvalue weighted by molar-refractivity contribution is 7.09. The lowest BCUT2D eigenvalue weighted by Gasteiger charge is -2.08. The predicted octanol–water partition coefficient (Wildman–Crippen LogP) is 4.89. The van der Waals surface area contributed by atoms with Gasteiger partial charge < -0.3 is 5.11 Å². The van der Waals surface area contributed by atoms with Crippen LogP contribution in [0.2, 0.25) is 0 Å². The van der Waals surface area contributed by atoms with Gasteiger partial charge in [-0.05, 0) is 13.3 Å². The maximum Gasteiger partial charge on any atom is 0.0953 e. The van der Waals surface area contributed by atoms with Crippen molar-refractivity contribution < 1.29 is 5.11 Å². The number of thiazole rings is 1. The first kappa shape index (κ1) is 16.6. The molecule has 0 aliphatic rings. The second-order valence-corrected chi connectivity index (χ2v) is 6.45. The first-order valence-corrected chi connectivity index (χ1v) is 8.69. The fourth-order valence-corrected chi connectivity index (χ4v) is 3.16. The summed E-state index contributed by atoms with van der Waals surface area (Å²) in [7, 11) is 0.